The molecule has 0 saturated carbocycles. The molecular formula is C29H32F2O4. The summed E-state index contributed by atoms with van der Waals surface area (Å²) >= 11 is 0. The van der Waals surface area contributed by atoms with E-state index in [9.17, 15) is 9.18 Å². The van der Waals surface area contributed by atoms with Crippen LogP contribution >= 0.6 is 0 Å². The molecule has 0 heterocycles. The Hall–Kier alpha value is -3.41. The minimum atomic E-state index is -0.968. The molecule has 0 aliphatic carbocycles. The van der Waals surface area contributed by atoms with Crippen molar-refractivity contribution in [3.05, 3.63) is 82.9 Å². The fraction of sp³-hybridized carbons (Fsp3) is 0.345. The van der Waals surface area contributed by atoms with Crippen molar-refractivity contribution in [2.75, 3.05) is 7.11 Å². The zero-order chi connectivity index (χ0) is 25.8. The highest BCUT2D eigenvalue weighted by Crippen LogP contribution is 2.37. The molecule has 186 valence electrons. The molecule has 0 amide bonds. The minimum Gasteiger partial charge on any atom is -0.497 e. The maximum Gasteiger partial charge on any atom is 0.303 e. The van der Waals surface area contributed by atoms with Gasteiger partial charge in [-0.3, -0.25) is 4.79 Å². The Bertz CT molecular complexity index is 1200. The smallest absolute Gasteiger partial charge is 0.303 e. The van der Waals surface area contributed by atoms with Gasteiger partial charge in [0.15, 0.2) is 11.6 Å². The monoisotopic (exact) mass is 482 g/mol. The van der Waals surface area contributed by atoms with Crippen LogP contribution in [0.2, 0.25) is 0 Å². The molecule has 0 bridgehead atoms. The van der Waals surface area contributed by atoms with Crippen LogP contribution in [0.1, 0.15) is 63.1 Å². The molecule has 0 aliphatic rings. The van der Waals surface area contributed by atoms with Crippen LogP contribution in [-0.2, 0) is 16.8 Å². The molecule has 0 saturated heterocycles. The van der Waals surface area contributed by atoms with Gasteiger partial charge in [0.25, 0.3) is 0 Å². The Balaban J connectivity index is 1.92. The van der Waals surface area contributed by atoms with Gasteiger partial charge in [0.05, 0.1) is 13.5 Å². The van der Waals surface area contributed by atoms with Gasteiger partial charge in [0.2, 0.25) is 0 Å². The zero-order valence-electron chi connectivity index (χ0n) is 20.8. The predicted octanol–water partition coefficient (Wildman–Crippen LogP) is 7.49. The molecule has 3 aromatic carbocycles. The van der Waals surface area contributed by atoms with Crippen molar-refractivity contribution in [2.45, 2.75) is 58.5 Å². The van der Waals surface area contributed by atoms with E-state index < -0.39 is 17.7 Å². The maximum atomic E-state index is 15.2. The molecule has 3 aromatic rings. The molecule has 0 unspecified atom stereocenters. The third-order valence-corrected chi connectivity index (χ3v) is 6.10. The first-order valence-corrected chi connectivity index (χ1v) is 11.7. The van der Waals surface area contributed by atoms with Crippen molar-refractivity contribution in [2.24, 2.45) is 0 Å². The Morgan fingerprint density at radius 1 is 1.03 bits per heavy atom. The van der Waals surface area contributed by atoms with Crippen molar-refractivity contribution in [3.8, 4) is 22.6 Å². The fourth-order valence-corrected chi connectivity index (χ4v) is 4.17. The molecule has 4 nitrogen and oxygen atoms in total. The number of carbonyl (C=O) groups is 1. The van der Waals surface area contributed by atoms with Crippen LogP contribution in [0.25, 0.3) is 11.1 Å². The normalized spacial score (nSPS) is 12.3. The van der Waals surface area contributed by atoms with E-state index in [0.29, 0.717) is 23.3 Å². The number of hydrogen-bond donors (Lipinski definition) is 1. The Morgan fingerprint density at radius 3 is 2.40 bits per heavy atom. The molecule has 3 rings (SSSR count). The van der Waals surface area contributed by atoms with Gasteiger partial charge >= 0.3 is 5.97 Å². The summed E-state index contributed by atoms with van der Waals surface area (Å²) in [6.07, 6.45) is 0.359. The van der Waals surface area contributed by atoms with E-state index in [-0.39, 0.29) is 30.0 Å². The molecule has 1 N–H and O–H groups in total. The highest BCUT2D eigenvalue weighted by molar-refractivity contribution is 5.71. The van der Waals surface area contributed by atoms with Crippen molar-refractivity contribution in [1.82, 2.24) is 0 Å². The third-order valence-electron chi connectivity index (χ3n) is 6.10. The molecular weight excluding hydrogens is 450 g/mol. The summed E-state index contributed by atoms with van der Waals surface area (Å²) in [7, 11) is 1.54. The molecule has 0 aromatic heterocycles. The van der Waals surface area contributed by atoms with E-state index in [1.807, 2.05) is 45.9 Å². The molecule has 1 atom stereocenters. The molecule has 0 radical (unpaired) electrons. The number of hydrogen-bond acceptors (Lipinski definition) is 3. The number of rotatable bonds is 9. The van der Waals surface area contributed by atoms with Crippen molar-refractivity contribution in [3.63, 3.8) is 0 Å². The van der Waals surface area contributed by atoms with Gasteiger partial charge in [-0.05, 0) is 64.3 Å². The van der Waals surface area contributed by atoms with Crippen LogP contribution in [0.3, 0.4) is 0 Å². The first kappa shape index (κ1) is 26.2. The van der Waals surface area contributed by atoms with E-state index in [1.54, 1.807) is 31.4 Å². The summed E-state index contributed by atoms with van der Waals surface area (Å²) in [5, 5.41) is 9.15. The van der Waals surface area contributed by atoms with E-state index in [2.05, 4.69) is 0 Å². The molecule has 0 fully saturated rings. The predicted molar refractivity (Wildman–Crippen MR) is 133 cm³/mol. The Labute approximate surface area is 205 Å². The average Bonchev–Trinajstić information content (AvgIpc) is 2.81. The fourth-order valence-electron chi connectivity index (χ4n) is 4.17. The van der Waals surface area contributed by atoms with Crippen LogP contribution in [-0.4, -0.2) is 18.2 Å². The Morgan fingerprint density at radius 2 is 1.77 bits per heavy atom. The number of benzene rings is 3. The van der Waals surface area contributed by atoms with Crippen LogP contribution in [0.4, 0.5) is 8.78 Å². The van der Waals surface area contributed by atoms with Gasteiger partial charge in [-0.1, -0.05) is 58.0 Å². The van der Waals surface area contributed by atoms with Crippen LogP contribution in [0.15, 0.2) is 54.6 Å². The lowest BCUT2D eigenvalue weighted by atomic mass is 9.81. The minimum absolute atomic E-state index is 0.0755. The zero-order valence-corrected chi connectivity index (χ0v) is 20.8. The highest BCUT2D eigenvalue weighted by Gasteiger charge is 2.23. The summed E-state index contributed by atoms with van der Waals surface area (Å²) in [6.45, 7) is 8.09. The first-order valence-electron chi connectivity index (χ1n) is 11.7. The summed E-state index contributed by atoms with van der Waals surface area (Å²) in [4.78, 5) is 11.2. The van der Waals surface area contributed by atoms with E-state index in [4.69, 9.17) is 14.6 Å². The number of halogens is 2. The van der Waals surface area contributed by atoms with E-state index in [0.717, 1.165) is 16.7 Å². The van der Waals surface area contributed by atoms with Crippen molar-refractivity contribution < 1.29 is 28.2 Å². The third kappa shape index (κ3) is 6.18. The lowest BCUT2D eigenvalue weighted by molar-refractivity contribution is -0.137. The topological polar surface area (TPSA) is 55.8 Å². The summed E-state index contributed by atoms with van der Waals surface area (Å²) in [6, 6.07) is 15.1. The number of methoxy groups -OCH3 is 1. The largest absolute Gasteiger partial charge is 0.497 e. The summed E-state index contributed by atoms with van der Waals surface area (Å²) in [5.74, 6) is -1.63. The second-order valence-electron chi connectivity index (χ2n) is 9.63. The summed E-state index contributed by atoms with van der Waals surface area (Å²) < 4.78 is 41.0. The standard InChI is InChI=1S/C29H32F2O4/c1-6-19(15-27(32)33)21-8-7-9-26(28(21)31)35-17-18-10-12-22(24(14-18)29(2,3)4)23-16-20(34-5)11-13-25(23)30/h7-14,16,19H,6,15,17H2,1-5H3,(H,32,33)/t19-/m0/s1. The molecule has 6 heteroatoms. The Kier molecular flexibility index (Phi) is 8.15. The average molecular weight is 483 g/mol. The second-order valence-corrected chi connectivity index (χ2v) is 9.63. The number of carboxylic acid groups (broad SMARTS) is 1. The second kappa shape index (κ2) is 10.9. The lowest BCUT2D eigenvalue weighted by Gasteiger charge is -2.25. The van der Waals surface area contributed by atoms with Crippen molar-refractivity contribution in [1.29, 1.82) is 0 Å². The van der Waals surface area contributed by atoms with Crippen LogP contribution in [0.5, 0.6) is 11.5 Å². The van der Waals surface area contributed by atoms with Gasteiger partial charge < -0.3 is 14.6 Å². The molecule has 0 aliphatic heterocycles. The van der Waals surface area contributed by atoms with Crippen LogP contribution in [0, 0.1) is 11.6 Å². The van der Waals surface area contributed by atoms with E-state index in [1.165, 1.54) is 12.1 Å². The van der Waals surface area contributed by atoms with Gasteiger partial charge in [-0.15, -0.1) is 0 Å². The SMILES string of the molecule is CC[C@@H](CC(=O)O)c1cccc(OCc2ccc(-c3cc(OC)ccc3F)c(C(C)(C)C)c2)c1F. The lowest BCUT2D eigenvalue weighted by Crippen LogP contribution is -2.14. The molecule has 0 spiro atoms. The van der Waals surface area contributed by atoms with Crippen LogP contribution < -0.4 is 9.47 Å². The first-order chi connectivity index (χ1) is 16.5. The maximum absolute atomic E-state index is 15.2. The van der Waals surface area contributed by atoms with E-state index >= 15 is 4.39 Å². The van der Waals surface area contributed by atoms with Gasteiger partial charge in [-0.2, -0.15) is 0 Å². The number of aliphatic carboxylic acids is 1. The molecule has 35 heavy (non-hydrogen) atoms. The van der Waals surface area contributed by atoms with Gasteiger partial charge in [0, 0.05) is 5.56 Å². The number of carboxylic acids is 1. The highest BCUT2D eigenvalue weighted by atomic mass is 19.1. The van der Waals surface area contributed by atoms with Crippen molar-refractivity contribution >= 4 is 5.97 Å². The quantitative estimate of drug-likeness (QED) is 0.343. The number of ether oxygens (including phenoxy) is 2. The van der Waals surface area contributed by atoms with Gasteiger partial charge in [-0.25, -0.2) is 8.78 Å². The van der Waals surface area contributed by atoms with Gasteiger partial charge in [0.1, 0.15) is 18.2 Å². The summed E-state index contributed by atoms with van der Waals surface area (Å²) in [5.41, 5.74) is 2.98.